The Morgan fingerprint density at radius 3 is 1.98 bits per heavy atom. The van der Waals surface area contributed by atoms with Crippen LogP contribution in [0.1, 0.15) is 57.9 Å². The molecule has 0 fully saturated rings. The number of rotatable bonds is 6. The Morgan fingerprint density at radius 2 is 1.43 bits per heavy atom. The zero-order chi connectivity index (χ0) is 31.8. The number of benzene rings is 4. The molecule has 0 aliphatic heterocycles. The molecule has 44 heavy (non-hydrogen) atoms. The van der Waals surface area contributed by atoms with E-state index in [1.54, 1.807) is 36.4 Å². The van der Waals surface area contributed by atoms with E-state index in [0.29, 0.717) is 51.4 Å². The first-order valence-corrected chi connectivity index (χ1v) is 13.3. The van der Waals surface area contributed by atoms with E-state index in [-0.39, 0.29) is 29.7 Å². The van der Waals surface area contributed by atoms with Crippen LogP contribution in [0.25, 0.3) is 33.7 Å². The van der Waals surface area contributed by atoms with Gasteiger partial charge >= 0.3 is 12.4 Å². The van der Waals surface area contributed by atoms with Gasteiger partial charge in [-0.05, 0) is 77.2 Å². The number of nitrogens with one attached hydrogen (secondary N) is 1. The molecule has 5 aromatic rings. The number of hydrogen-bond donors (Lipinski definition) is 1. The standard InChI is InChI=1S/C33H23F6N3O2/c1-18(2)27-11-20(16-40)12-28-29(27)44-31(42-28)23-9-7-22(8-10-23)30(43)41-17-19-3-5-21(6-4-19)24-13-25(32(34,35)36)15-26(14-24)33(37,38)39/h3-15,18H,17H2,1-2H3,(H,41,43). The zero-order valence-corrected chi connectivity index (χ0v) is 23.3. The molecule has 0 aliphatic rings. The summed E-state index contributed by atoms with van der Waals surface area (Å²) >= 11 is 0. The SMILES string of the molecule is CC(C)c1cc(C#N)cc2nc(-c3ccc(C(=O)NCc4ccc(-c5cc(C(F)(F)F)cc(C(F)(F)F)c5)cc4)cc3)oc12. The molecule has 1 N–H and O–H groups in total. The normalized spacial score (nSPS) is 12.0. The van der Waals surface area contributed by atoms with Crippen LogP contribution in [-0.2, 0) is 18.9 Å². The minimum atomic E-state index is -4.94. The largest absolute Gasteiger partial charge is 0.436 e. The molecular weight excluding hydrogens is 584 g/mol. The summed E-state index contributed by atoms with van der Waals surface area (Å²) in [6.45, 7) is 4.05. The molecular formula is C33H23F6N3O2. The lowest BCUT2D eigenvalue weighted by atomic mass is 9.98. The predicted molar refractivity (Wildman–Crippen MR) is 151 cm³/mol. The quantitative estimate of drug-likeness (QED) is 0.195. The number of carbonyl (C=O) groups excluding carboxylic acids is 1. The fraction of sp³-hybridized carbons (Fsp3) is 0.182. The number of halogens is 6. The highest BCUT2D eigenvalue weighted by atomic mass is 19.4. The Hall–Kier alpha value is -5.11. The molecule has 1 aromatic heterocycles. The highest BCUT2D eigenvalue weighted by Crippen LogP contribution is 2.39. The van der Waals surface area contributed by atoms with Gasteiger partial charge in [0.25, 0.3) is 5.91 Å². The number of hydrogen-bond acceptors (Lipinski definition) is 4. The Labute approximate surface area is 247 Å². The summed E-state index contributed by atoms with van der Waals surface area (Å²) in [6, 6.07) is 19.4. The molecule has 1 amide bonds. The van der Waals surface area contributed by atoms with E-state index in [4.69, 9.17) is 4.42 Å². The van der Waals surface area contributed by atoms with E-state index in [1.165, 1.54) is 24.3 Å². The van der Waals surface area contributed by atoms with Crippen molar-refractivity contribution in [3.05, 3.63) is 112 Å². The second-order valence-corrected chi connectivity index (χ2v) is 10.5. The Morgan fingerprint density at radius 1 is 0.841 bits per heavy atom. The third kappa shape index (κ3) is 6.44. The van der Waals surface area contributed by atoms with Crippen LogP contribution in [0.15, 0.2) is 83.3 Å². The highest BCUT2D eigenvalue weighted by molar-refractivity contribution is 5.94. The number of amides is 1. The first-order chi connectivity index (χ1) is 20.7. The van der Waals surface area contributed by atoms with Crippen molar-refractivity contribution in [1.29, 1.82) is 5.26 Å². The van der Waals surface area contributed by atoms with Crippen molar-refractivity contribution in [3.63, 3.8) is 0 Å². The molecule has 0 spiro atoms. The van der Waals surface area contributed by atoms with Gasteiger partial charge in [0.1, 0.15) is 5.52 Å². The minimum Gasteiger partial charge on any atom is -0.436 e. The number of carbonyl (C=O) groups is 1. The summed E-state index contributed by atoms with van der Waals surface area (Å²) < 4.78 is 85.4. The lowest BCUT2D eigenvalue weighted by Gasteiger charge is -2.14. The summed E-state index contributed by atoms with van der Waals surface area (Å²) in [7, 11) is 0. The lowest BCUT2D eigenvalue weighted by molar-refractivity contribution is -0.143. The molecule has 5 rings (SSSR count). The fourth-order valence-corrected chi connectivity index (χ4v) is 4.66. The van der Waals surface area contributed by atoms with Crippen molar-refractivity contribution in [2.24, 2.45) is 0 Å². The van der Waals surface area contributed by atoms with E-state index in [0.717, 1.165) is 5.56 Å². The summed E-state index contributed by atoms with van der Waals surface area (Å²) in [5.74, 6) is 0.0514. The number of aromatic nitrogens is 1. The molecule has 11 heteroatoms. The molecule has 0 unspecified atom stereocenters. The monoisotopic (exact) mass is 607 g/mol. The number of nitrogens with zero attached hydrogens (tertiary/aromatic N) is 2. The molecule has 0 bridgehead atoms. The van der Waals surface area contributed by atoms with Crippen molar-refractivity contribution in [2.75, 3.05) is 0 Å². The van der Waals surface area contributed by atoms with E-state index < -0.39 is 29.4 Å². The highest BCUT2D eigenvalue weighted by Gasteiger charge is 2.37. The van der Waals surface area contributed by atoms with Crippen molar-refractivity contribution in [1.82, 2.24) is 10.3 Å². The van der Waals surface area contributed by atoms with Crippen LogP contribution < -0.4 is 5.32 Å². The van der Waals surface area contributed by atoms with E-state index in [1.807, 2.05) is 13.8 Å². The van der Waals surface area contributed by atoms with Gasteiger partial charge in [0.15, 0.2) is 5.58 Å². The van der Waals surface area contributed by atoms with Gasteiger partial charge in [0.05, 0.1) is 22.8 Å². The Balaban J connectivity index is 1.28. The molecule has 4 aromatic carbocycles. The van der Waals surface area contributed by atoms with Gasteiger partial charge in [-0.25, -0.2) is 4.98 Å². The lowest BCUT2D eigenvalue weighted by Crippen LogP contribution is -2.22. The molecule has 0 radical (unpaired) electrons. The first-order valence-electron chi connectivity index (χ1n) is 13.3. The number of nitriles is 1. The fourth-order valence-electron chi connectivity index (χ4n) is 4.66. The molecule has 1 heterocycles. The molecule has 5 nitrogen and oxygen atoms in total. The number of alkyl halides is 6. The topological polar surface area (TPSA) is 78.9 Å². The number of oxazole rings is 1. The number of fused-ring (bicyclic) bond motifs is 1. The van der Waals surface area contributed by atoms with Gasteiger partial charge in [0.2, 0.25) is 5.89 Å². The molecule has 0 atom stereocenters. The van der Waals surface area contributed by atoms with Crippen molar-refractivity contribution in [2.45, 2.75) is 38.7 Å². The maximum Gasteiger partial charge on any atom is 0.416 e. The van der Waals surface area contributed by atoms with Gasteiger partial charge in [-0.2, -0.15) is 31.6 Å². The maximum atomic E-state index is 13.2. The van der Waals surface area contributed by atoms with Gasteiger partial charge in [-0.3, -0.25) is 4.79 Å². The van der Waals surface area contributed by atoms with Crippen molar-refractivity contribution < 1.29 is 35.6 Å². The van der Waals surface area contributed by atoms with E-state index in [2.05, 4.69) is 16.4 Å². The van der Waals surface area contributed by atoms with Gasteiger partial charge in [0, 0.05) is 23.2 Å². The molecule has 0 saturated heterocycles. The third-order valence-electron chi connectivity index (χ3n) is 6.99. The van der Waals surface area contributed by atoms with Crippen LogP contribution >= 0.6 is 0 Å². The van der Waals surface area contributed by atoms with Gasteiger partial charge < -0.3 is 9.73 Å². The van der Waals surface area contributed by atoms with E-state index >= 15 is 0 Å². The average molecular weight is 608 g/mol. The van der Waals surface area contributed by atoms with Crippen LogP contribution in [0.3, 0.4) is 0 Å². The Kier molecular flexibility index (Phi) is 7.95. The van der Waals surface area contributed by atoms with Crippen LogP contribution in [0.2, 0.25) is 0 Å². The summed E-state index contributed by atoms with van der Waals surface area (Å²) in [4.78, 5) is 17.3. The van der Waals surface area contributed by atoms with Gasteiger partial charge in [-0.15, -0.1) is 0 Å². The maximum absolute atomic E-state index is 13.2. The minimum absolute atomic E-state index is 0.0710. The molecule has 224 valence electrons. The average Bonchev–Trinajstić information content (AvgIpc) is 3.42. The third-order valence-corrected chi connectivity index (χ3v) is 6.99. The van der Waals surface area contributed by atoms with Crippen molar-refractivity contribution in [3.8, 4) is 28.7 Å². The van der Waals surface area contributed by atoms with Crippen LogP contribution in [-0.4, -0.2) is 10.9 Å². The molecule has 0 aliphatic carbocycles. The first kappa shape index (κ1) is 30.4. The van der Waals surface area contributed by atoms with Crippen molar-refractivity contribution >= 4 is 17.0 Å². The van der Waals surface area contributed by atoms with Crippen LogP contribution in [0.5, 0.6) is 0 Å². The van der Waals surface area contributed by atoms with E-state index in [9.17, 15) is 36.4 Å². The summed E-state index contributed by atoms with van der Waals surface area (Å²) in [6.07, 6.45) is -9.89. The second-order valence-electron chi connectivity index (χ2n) is 10.5. The second kappa shape index (κ2) is 11.5. The summed E-state index contributed by atoms with van der Waals surface area (Å²) in [5.41, 5.74) is 1.21. The predicted octanol–water partition coefficient (Wildman–Crippen LogP) is 9.12. The summed E-state index contributed by atoms with van der Waals surface area (Å²) in [5, 5.41) is 12.1. The smallest absolute Gasteiger partial charge is 0.416 e. The van der Waals surface area contributed by atoms with Crippen LogP contribution in [0.4, 0.5) is 26.3 Å². The van der Waals surface area contributed by atoms with Crippen LogP contribution in [0, 0.1) is 11.3 Å². The molecule has 0 saturated carbocycles. The Bertz CT molecular complexity index is 1850. The zero-order valence-electron chi connectivity index (χ0n) is 23.3. The van der Waals surface area contributed by atoms with Gasteiger partial charge in [-0.1, -0.05) is 38.1 Å².